The molecule has 0 saturated heterocycles. The van der Waals surface area contributed by atoms with Gasteiger partial charge in [-0.3, -0.25) is 10.4 Å². The predicted octanol–water partition coefficient (Wildman–Crippen LogP) is 2.50. The molecule has 0 aromatic carbocycles. The van der Waals surface area contributed by atoms with Crippen LogP contribution in [0.2, 0.25) is 0 Å². The number of nitrogens with zero attached hydrogens (tertiary/aromatic N) is 3. The molecule has 0 bridgehead atoms. The topological polar surface area (TPSA) is 42.2 Å². The summed E-state index contributed by atoms with van der Waals surface area (Å²) < 4.78 is 2.14. The highest BCUT2D eigenvalue weighted by atomic mass is 15.5. The summed E-state index contributed by atoms with van der Waals surface area (Å²) in [6, 6.07) is 0. The minimum atomic E-state index is 0.428. The van der Waals surface area contributed by atoms with Crippen LogP contribution >= 0.6 is 0 Å². The molecule has 0 fully saturated rings. The fourth-order valence-electron chi connectivity index (χ4n) is 2.07. The smallest absolute Gasteiger partial charge is 0.128 e. The van der Waals surface area contributed by atoms with E-state index in [1.165, 1.54) is 5.69 Å². The van der Waals surface area contributed by atoms with Gasteiger partial charge in [-0.15, -0.1) is 0 Å². The van der Waals surface area contributed by atoms with Gasteiger partial charge in [0, 0.05) is 12.3 Å². The molecule has 2 rings (SSSR count). The molecule has 0 unspecified atom stereocenters. The van der Waals surface area contributed by atoms with Crippen LogP contribution in [0.3, 0.4) is 0 Å². The van der Waals surface area contributed by atoms with Crippen molar-refractivity contribution in [2.75, 3.05) is 5.43 Å². The molecule has 1 aliphatic rings. The van der Waals surface area contributed by atoms with Gasteiger partial charge in [0.2, 0.25) is 0 Å². The molecule has 17 heavy (non-hydrogen) atoms. The maximum absolute atomic E-state index is 4.65. The van der Waals surface area contributed by atoms with Crippen LogP contribution < -0.4 is 5.43 Å². The van der Waals surface area contributed by atoms with Crippen molar-refractivity contribution in [1.29, 1.82) is 0 Å². The van der Waals surface area contributed by atoms with Crippen LogP contribution in [0.25, 0.3) is 0 Å². The highest BCUT2D eigenvalue weighted by molar-refractivity contribution is 5.91. The Morgan fingerprint density at radius 1 is 1.29 bits per heavy atom. The fraction of sp³-hybridized carbons (Fsp3) is 0.692. The van der Waals surface area contributed by atoms with Crippen molar-refractivity contribution in [3.05, 3.63) is 17.2 Å². The largest absolute Gasteiger partial charge is 0.280 e. The lowest BCUT2D eigenvalue weighted by Gasteiger charge is -2.22. The number of amidine groups is 1. The van der Waals surface area contributed by atoms with E-state index in [0.29, 0.717) is 11.8 Å². The normalized spacial score (nSPS) is 14.9. The Labute approximate surface area is 103 Å². The van der Waals surface area contributed by atoms with Crippen molar-refractivity contribution in [2.45, 2.75) is 47.6 Å². The molecule has 0 atom stereocenters. The summed E-state index contributed by atoms with van der Waals surface area (Å²) in [5.41, 5.74) is 5.69. The summed E-state index contributed by atoms with van der Waals surface area (Å²) in [4.78, 5) is 9.22. The molecule has 2 heterocycles. The second-order valence-corrected chi connectivity index (χ2v) is 5.46. The van der Waals surface area contributed by atoms with Crippen LogP contribution in [0.1, 0.15) is 44.9 Å². The molecule has 0 aliphatic carbocycles. The minimum Gasteiger partial charge on any atom is -0.280 e. The van der Waals surface area contributed by atoms with Crippen LogP contribution in [0.4, 0.5) is 0 Å². The molecule has 1 aliphatic heterocycles. The van der Waals surface area contributed by atoms with E-state index in [-0.39, 0.29) is 0 Å². The van der Waals surface area contributed by atoms with Gasteiger partial charge < -0.3 is 0 Å². The molecule has 1 N–H and O–H groups in total. The van der Waals surface area contributed by atoms with E-state index in [1.807, 2.05) is 0 Å². The first-order valence-corrected chi connectivity index (χ1v) is 6.37. The zero-order valence-corrected chi connectivity index (χ0v) is 11.4. The van der Waals surface area contributed by atoms with E-state index in [1.54, 1.807) is 0 Å². The number of hydrogen-bond donors (Lipinski definition) is 1. The van der Waals surface area contributed by atoms with Crippen LogP contribution in [0, 0.1) is 18.8 Å². The predicted molar refractivity (Wildman–Crippen MR) is 70.8 cm³/mol. The second kappa shape index (κ2) is 4.51. The summed E-state index contributed by atoms with van der Waals surface area (Å²) in [6.07, 6.45) is 0.999. The zero-order valence-electron chi connectivity index (χ0n) is 11.4. The van der Waals surface area contributed by atoms with Crippen LogP contribution in [-0.2, 0) is 13.0 Å². The molecule has 1 aromatic rings. The Bertz CT molecular complexity index is 441. The molecular formula is C13H22N4. The van der Waals surface area contributed by atoms with Crippen LogP contribution in [0.5, 0.6) is 0 Å². The lowest BCUT2D eigenvalue weighted by molar-refractivity contribution is 0.599. The third kappa shape index (κ3) is 2.35. The molecule has 0 amide bonds. The number of imidazole rings is 1. The highest BCUT2D eigenvalue weighted by Gasteiger charge is 2.20. The van der Waals surface area contributed by atoms with Gasteiger partial charge in [0.05, 0.1) is 17.9 Å². The minimum absolute atomic E-state index is 0.428. The third-order valence-electron chi connectivity index (χ3n) is 3.01. The first kappa shape index (κ1) is 12.1. The SMILES string of the molecule is Cc1nc(CC(C)C)n2c1CN=C(C(C)C)N2. The number of rotatable bonds is 3. The third-order valence-corrected chi connectivity index (χ3v) is 3.01. The molecule has 4 heteroatoms. The molecule has 0 spiro atoms. The number of nitrogens with one attached hydrogen (secondary N) is 1. The molecular weight excluding hydrogens is 212 g/mol. The van der Waals surface area contributed by atoms with Gasteiger partial charge >= 0.3 is 0 Å². The number of fused-ring (bicyclic) bond motifs is 1. The van der Waals surface area contributed by atoms with Crippen LogP contribution in [-0.4, -0.2) is 15.5 Å². The van der Waals surface area contributed by atoms with E-state index < -0.39 is 0 Å². The monoisotopic (exact) mass is 234 g/mol. The summed E-state index contributed by atoms with van der Waals surface area (Å²) >= 11 is 0. The van der Waals surface area contributed by atoms with Gasteiger partial charge in [-0.25, -0.2) is 9.66 Å². The average molecular weight is 234 g/mol. The fourth-order valence-corrected chi connectivity index (χ4v) is 2.07. The zero-order chi connectivity index (χ0) is 12.6. The quantitative estimate of drug-likeness (QED) is 0.873. The van der Waals surface area contributed by atoms with Crippen molar-refractivity contribution >= 4 is 5.84 Å². The van der Waals surface area contributed by atoms with Crippen molar-refractivity contribution in [1.82, 2.24) is 9.66 Å². The van der Waals surface area contributed by atoms with Crippen molar-refractivity contribution in [3.8, 4) is 0 Å². The molecule has 94 valence electrons. The Morgan fingerprint density at radius 3 is 2.59 bits per heavy atom. The summed E-state index contributed by atoms with van der Waals surface area (Å²) in [7, 11) is 0. The number of aliphatic imine (C=N–C) groups is 1. The second-order valence-electron chi connectivity index (χ2n) is 5.46. The van der Waals surface area contributed by atoms with E-state index >= 15 is 0 Å². The Morgan fingerprint density at radius 2 is 2.00 bits per heavy atom. The summed E-state index contributed by atoms with van der Waals surface area (Å²) in [5.74, 6) is 3.22. The maximum Gasteiger partial charge on any atom is 0.128 e. The molecule has 4 nitrogen and oxygen atoms in total. The number of aryl methyl sites for hydroxylation is 1. The lowest BCUT2D eigenvalue weighted by Crippen LogP contribution is -2.33. The van der Waals surface area contributed by atoms with E-state index in [2.05, 4.69) is 54.7 Å². The van der Waals surface area contributed by atoms with Gasteiger partial charge in [-0.05, 0) is 12.8 Å². The van der Waals surface area contributed by atoms with Crippen molar-refractivity contribution in [3.63, 3.8) is 0 Å². The standard InChI is InChI=1S/C13H22N4/c1-8(2)6-12-15-10(5)11-7-14-13(9(3)4)16-17(11)12/h8-9H,6-7H2,1-5H3,(H,14,16). The first-order chi connectivity index (χ1) is 7.99. The summed E-state index contributed by atoms with van der Waals surface area (Å²) in [5, 5.41) is 0. The lowest BCUT2D eigenvalue weighted by atomic mass is 10.1. The Kier molecular flexibility index (Phi) is 3.22. The van der Waals surface area contributed by atoms with Gasteiger partial charge in [0.25, 0.3) is 0 Å². The average Bonchev–Trinajstić information content (AvgIpc) is 2.54. The first-order valence-electron chi connectivity index (χ1n) is 6.37. The number of aromatic nitrogens is 2. The van der Waals surface area contributed by atoms with E-state index in [0.717, 1.165) is 30.3 Å². The van der Waals surface area contributed by atoms with Gasteiger partial charge in [-0.2, -0.15) is 0 Å². The number of hydrogen-bond acceptors (Lipinski definition) is 3. The summed E-state index contributed by atoms with van der Waals surface area (Å²) in [6.45, 7) is 11.6. The molecule has 1 aromatic heterocycles. The Balaban J connectivity index is 2.31. The van der Waals surface area contributed by atoms with Crippen molar-refractivity contribution < 1.29 is 0 Å². The van der Waals surface area contributed by atoms with E-state index in [4.69, 9.17) is 0 Å². The van der Waals surface area contributed by atoms with Gasteiger partial charge in [0.1, 0.15) is 11.7 Å². The molecule has 0 saturated carbocycles. The van der Waals surface area contributed by atoms with E-state index in [9.17, 15) is 0 Å². The van der Waals surface area contributed by atoms with Crippen LogP contribution in [0.15, 0.2) is 4.99 Å². The van der Waals surface area contributed by atoms with Crippen molar-refractivity contribution in [2.24, 2.45) is 16.8 Å². The van der Waals surface area contributed by atoms with Gasteiger partial charge in [-0.1, -0.05) is 27.7 Å². The molecule has 0 radical (unpaired) electrons. The van der Waals surface area contributed by atoms with Gasteiger partial charge in [0.15, 0.2) is 0 Å². The highest BCUT2D eigenvalue weighted by Crippen LogP contribution is 2.18. The Hall–Kier alpha value is -1.32. The maximum atomic E-state index is 4.65.